The molecule has 0 fully saturated rings. The van der Waals surface area contributed by atoms with Gasteiger partial charge in [-0.15, -0.1) is 5.10 Å². The van der Waals surface area contributed by atoms with Crippen LogP contribution in [0.4, 0.5) is 11.4 Å². The van der Waals surface area contributed by atoms with Crippen molar-refractivity contribution in [3.8, 4) is 22.5 Å². The highest BCUT2D eigenvalue weighted by Gasteiger charge is 2.36. The molecule has 0 atom stereocenters. The van der Waals surface area contributed by atoms with Crippen molar-refractivity contribution in [2.75, 3.05) is 96.3 Å². The number of ether oxygens (including phenoxy) is 5. The Kier molecular flexibility index (Phi) is 21.6. The van der Waals surface area contributed by atoms with Crippen molar-refractivity contribution in [3.63, 3.8) is 0 Å². The summed E-state index contributed by atoms with van der Waals surface area (Å²) < 4.78 is 105. The average Bonchev–Trinajstić information content (AvgIpc) is 1.67. The van der Waals surface area contributed by atoms with Gasteiger partial charge in [-0.05, 0) is 82.7 Å². The van der Waals surface area contributed by atoms with Gasteiger partial charge in [-0.25, -0.2) is 26.5 Å². The van der Waals surface area contributed by atoms with E-state index in [0.717, 1.165) is 11.1 Å². The molecule has 2 heterocycles. The van der Waals surface area contributed by atoms with E-state index in [1.54, 1.807) is 46.8 Å². The molecule has 5 aromatic rings. The highest BCUT2D eigenvalue weighted by Crippen LogP contribution is 2.46. The Balaban J connectivity index is 0.854. The number of hydrogen-bond acceptors (Lipinski definition) is 18. The van der Waals surface area contributed by atoms with Gasteiger partial charge in [-0.2, -0.15) is 0 Å². The van der Waals surface area contributed by atoms with Crippen LogP contribution in [0, 0.1) is 0 Å². The number of fused-ring (bicyclic) bond motifs is 7. The summed E-state index contributed by atoms with van der Waals surface area (Å²) in [5.74, 6) is -1.39. The number of allylic oxidation sites excluding steroid dienone is 5. The monoisotopic (exact) mass is 1190 g/mol. The molecular weight excluding hydrogens is 1130 g/mol. The molecule has 0 saturated carbocycles. The number of para-hydroxylation sites is 1. The zero-order valence-corrected chi connectivity index (χ0v) is 47.9. The van der Waals surface area contributed by atoms with Crippen LogP contribution in [0.15, 0.2) is 118 Å². The summed E-state index contributed by atoms with van der Waals surface area (Å²) in [5, 5.41) is 14.9. The molecule has 1 aliphatic heterocycles. The second-order valence-corrected chi connectivity index (χ2v) is 22.1. The molecule has 3 aliphatic rings. The smallest absolute Gasteiger partial charge is 0.251 e. The summed E-state index contributed by atoms with van der Waals surface area (Å²) in [7, 11) is -10.3. The first-order valence-corrected chi connectivity index (χ1v) is 30.1. The van der Waals surface area contributed by atoms with E-state index in [-0.39, 0.29) is 105 Å². The minimum Gasteiger partial charge on any atom is -0.744 e. The number of amides is 4. The largest absolute Gasteiger partial charge is 0.744 e. The molecule has 4 aromatic carbocycles. The van der Waals surface area contributed by atoms with Crippen molar-refractivity contribution in [3.05, 3.63) is 141 Å². The van der Waals surface area contributed by atoms with Gasteiger partial charge in [0.25, 0.3) is 5.91 Å². The van der Waals surface area contributed by atoms with E-state index in [1.807, 2.05) is 48.5 Å². The van der Waals surface area contributed by atoms with Gasteiger partial charge < -0.3 is 59.8 Å². The molecule has 0 bridgehead atoms. The number of carbonyl (C=O) groups excluding carboxylic acids is 4. The molecular formula is C58H66N9O15S2-. The Morgan fingerprint density at radius 1 is 0.702 bits per heavy atom. The Morgan fingerprint density at radius 3 is 2.00 bits per heavy atom. The maximum absolute atomic E-state index is 14.2. The van der Waals surface area contributed by atoms with E-state index in [1.165, 1.54) is 18.2 Å². The van der Waals surface area contributed by atoms with E-state index in [9.17, 15) is 45.1 Å². The van der Waals surface area contributed by atoms with E-state index < -0.39 is 41.9 Å². The van der Waals surface area contributed by atoms with Crippen LogP contribution in [0.1, 0.15) is 65.2 Å². The molecule has 84 heavy (non-hydrogen) atoms. The zero-order valence-electron chi connectivity index (χ0n) is 46.3. The Bertz CT molecular complexity index is 3600. The van der Waals surface area contributed by atoms with E-state index >= 15 is 0 Å². The van der Waals surface area contributed by atoms with Crippen molar-refractivity contribution in [1.82, 2.24) is 25.6 Å². The number of nitrogens with one attached hydrogen (secondary N) is 3. The van der Waals surface area contributed by atoms with Gasteiger partial charge in [0.1, 0.15) is 37.4 Å². The van der Waals surface area contributed by atoms with Crippen LogP contribution in [0.25, 0.3) is 28.1 Å². The maximum atomic E-state index is 14.2. The number of nitrogens with two attached hydrogens (primary N) is 2. The number of rotatable bonds is 30. The molecule has 446 valence electrons. The fraction of sp³-hybridized carbons (Fsp3) is 0.362. The number of hydrogen-bond donors (Lipinski definition) is 5. The number of anilines is 2. The van der Waals surface area contributed by atoms with Crippen LogP contribution in [0.3, 0.4) is 0 Å². The van der Waals surface area contributed by atoms with Crippen LogP contribution in [-0.4, -0.2) is 156 Å². The first kappa shape index (κ1) is 62.3. The van der Waals surface area contributed by atoms with E-state index in [0.29, 0.717) is 111 Å². The second-order valence-electron chi connectivity index (χ2n) is 19.4. The average molecular weight is 1190 g/mol. The Labute approximate surface area is 486 Å². The van der Waals surface area contributed by atoms with Gasteiger partial charge in [0.2, 0.25) is 23.4 Å². The molecule has 0 saturated heterocycles. The fourth-order valence-corrected chi connectivity index (χ4v) is 11.7. The summed E-state index contributed by atoms with van der Waals surface area (Å²) in [6, 6.07) is 24.2. The number of nitrogens with zero attached hydrogens (tertiary/aromatic N) is 4. The van der Waals surface area contributed by atoms with Gasteiger partial charge in [-0.3, -0.25) is 19.2 Å². The Morgan fingerprint density at radius 2 is 1.35 bits per heavy atom. The molecule has 0 unspecified atom stereocenters. The lowest BCUT2D eigenvalue weighted by Gasteiger charge is -2.31. The molecule has 0 radical (unpaired) electrons. The van der Waals surface area contributed by atoms with Gasteiger partial charge in [0.05, 0.1) is 88.9 Å². The molecule has 24 nitrogen and oxygen atoms in total. The lowest BCUT2D eigenvalue weighted by atomic mass is 9.77. The molecule has 4 amide bonds. The van der Waals surface area contributed by atoms with Crippen molar-refractivity contribution < 1.29 is 73.8 Å². The SMILES string of the molecule is CC[NH+]=C1C=CC2=C(c3ccc(C(=O)NCCCn4nnc5c4-c4ccccc4N(C(=O)CCC(=O)NCCOCCOCCOCCOCCOCCC(N)=O)Cc4ccccc4-5)cc3)c3ccc(N)c(S(=O)(=O)[O-])c3CC2=C1S(=O)(=O)[O-]. The molecule has 7 N–H and O–H groups in total. The summed E-state index contributed by atoms with van der Waals surface area (Å²) in [4.78, 5) is 54.8. The lowest BCUT2D eigenvalue weighted by molar-refractivity contribution is -0.450. The predicted molar refractivity (Wildman–Crippen MR) is 307 cm³/mol. The van der Waals surface area contributed by atoms with Crippen LogP contribution < -0.4 is 32.0 Å². The summed E-state index contributed by atoms with van der Waals surface area (Å²) in [6.07, 6.45) is 3.16. The van der Waals surface area contributed by atoms with Gasteiger partial charge in [-0.1, -0.05) is 65.9 Å². The minimum absolute atomic E-state index is 0.00299. The number of aromatic nitrogens is 3. The normalized spacial score (nSPS) is 14.3. The third kappa shape index (κ3) is 15.7. The first-order chi connectivity index (χ1) is 40.5. The summed E-state index contributed by atoms with van der Waals surface area (Å²) >= 11 is 0. The molecule has 0 spiro atoms. The van der Waals surface area contributed by atoms with Crippen LogP contribution in [-0.2, 0) is 77.8 Å². The van der Waals surface area contributed by atoms with Crippen molar-refractivity contribution >= 4 is 66.5 Å². The van der Waals surface area contributed by atoms with Crippen molar-refractivity contribution in [2.45, 2.75) is 57.0 Å². The highest BCUT2D eigenvalue weighted by molar-refractivity contribution is 7.90. The topological polar surface area (TPSA) is 353 Å². The van der Waals surface area contributed by atoms with Crippen LogP contribution in [0.2, 0.25) is 0 Å². The number of aryl methyl sites for hydroxylation is 1. The standard InChI is InChI=1S/C58H67N9O15S2/c1-2-61-48-19-17-43-46(57(48)84(75,76)77)36-45-42(16-18-47(59)56(45)83(72,73)74)53(43)38-12-14-39(15-13-38)58(71)63-23-7-25-67-55-44-10-5-6-11-49(44)66(37-40-8-3-4-9-41(40)54(55)64-65-67)52(70)21-20-51(69)62-24-27-79-29-31-81-33-35-82-34-32-80-30-28-78-26-22-50(60)68/h3-6,8-19H,2,7,20-37,59H2,1H3,(H2,60,68)(H,62,69)(H,63,71)(H,72,73,74)(H,75,76,77)/p-1. The number of nitrogen functional groups attached to an aromatic ring is 1. The molecule has 26 heteroatoms. The van der Waals surface area contributed by atoms with Gasteiger partial charge in [0, 0.05) is 73.8 Å². The number of benzene rings is 4. The molecule has 1 aromatic heterocycles. The van der Waals surface area contributed by atoms with Crippen LogP contribution in [0.5, 0.6) is 0 Å². The molecule has 2 aliphatic carbocycles. The predicted octanol–water partition coefficient (Wildman–Crippen LogP) is 1.89. The lowest BCUT2D eigenvalue weighted by Crippen LogP contribution is -2.73. The Hall–Kier alpha value is -7.79. The highest BCUT2D eigenvalue weighted by atomic mass is 32.2. The van der Waals surface area contributed by atoms with E-state index in [4.69, 9.17) is 35.2 Å². The molecule has 8 rings (SSSR count). The van der Waals surface area contributed by atoms with Gasteiger partial charge in [0.15, 0.2) is 0 Å². The summed E-state index contributed by atoms with van der Waals surface area (Å²) in [5.41, 5.74) is 16.6. The van der Waals surface area contributed by atoms with Gasteiger partial charge >= 0.3 is 0 Å². The number of carbonyl (C=O) groups is 4. The van der Waals surface area contributed by atoms with E-state index in [2.05, 4.69) is 25.9 Å². The summed E-state index contributed by atoms with van der Waals surface area (Å²) in [6.45, 7) is 6.45. The van der Waals surface area contributed by atoms with Crippen LogP contribution >= 0.6 is 0 Å². The third-order valence-electron chi connectivity index (χ3n) is 13.8. The quantitative estimate of drug-likeness (QED) is 0.0249. The fourth-order valence-electron chi connectivity index (χ4n) is 10.0. The van der Waals surface area contributed by atoms with Crippen molar-refractivity contribution in [1.29, 1.82) is 0 Å². The maximum Gasteiger partial charge on any atom is 0.251 e. The first-order valence-electron chi connectivity index (χ1n) is 27.3. The zero-order chi connectivity index (χ0) is 59.8. The number of primary amides is 1. The third-order valence-corrected chi connectivity index (χ3v) is 15.7. The minimum atomic E-state index is -5.18. The second kappa shape index (κ2) is 29.1. The van der Waals surface area contributed by atoms with Crippen molar-refractivity contribution in [2.24, 2.45) is 5.73 Å².